The van der Waals surface area contributed by atoms with Crippen molar-refractivity contribution in [1.29, 1.82) is 0 Å². The maximum atomic E-state index is 5.74. The number of rotatable bonds is 6. The van der Waals surface area contributed by atoms with Crippen LogP contribution in [0, 0.1) is 5.92 Å². The van der Waals surface area contributed by atoms with E-state index in [0.717, 1.165) is 31.9 Å². The highest BCUT2D eigenvalue weighted by atomic mass is 16.5. The van der Waals surface area contributed by atoms with E-state index >= 15 is 0 Å². The lowest BCUT2D eigenvalue weighted by Crippen LogP contribution is -2.48. The lowest BCUT2D eigenvalue weighted by atomic mass is 9.72. The number of hydrogen-bond donors (Lipinski definition) is 1. The Balaban J connectivity index is 2.12. The molecule has 0 bridgehead atoms. The topological polar surface area (TPSA) is 44.5 Å². The van der Waals surface area contributed by atoms with E-state index in [0.29, 0.717) is 12.5 Å². The molecule has 1 saturated heterocycles. The SMILES string of the molecule is CCOc1ccc(C2(CC(C)CN)COC2)cc1. The minimum absolute atomic E-state index is 0.170. The first-order valence-corrected chi connectivity index (χ1v) is 6.71. The van der Waals surface area contributed by atoms with Crippen LogP contribution in [0.1, 0.15) is 25.8 Å². The molecule has 0 aromatic heterocycles. The molecule has 3 heteroatoms. The Labute approximate surface area is 109 Å². The van der Waals surface area contributed by atoms with Gasteiger partial charge in [0.25, 0.3) is 0 Å². The standard InChI is InChI=1S/C15H23NO2/c1-3-18-14-6-4-13(5-7-14)15(10-17-11-15)8-12(2)9-16/h4-7,12H,3,8-11,16H2,1-2H3. The molecule has 1 aliphatic heterocycles. The zero-order valence-electron chi connectivity index (χ0n) is 11.3. The zero-order valence-corrected chi connectivity index (χ0v) is 11.3. The normalized spacial score (nSPS) is 19.1. The smallest absolute Gasteiger partial charge is 0.119 e. The third-order valence-corrected chi connectivity index (χ3v) is 3.68. The second kappa shape index (κ2) is 5.72. The van der Waals surface area contributed by atoms with Gasteiger partial charge in [-0.25, -0.2) is 0 Å². The fourth-order valence-electron chi connectivity index (χ4n) is 2.57. The number of hydrogen-bond acceptors (Lipinski definition) is 3. The molecule has 0 saturated carbocycles. The Morgan fingerprint density at radius 1 is 1.33 bits per heavy atom. The summed E-state index contributed by atoms with van der Waals surface area (Å²) >= 11 is 0. The van der Waals surface area contributed by atoms with Gasteiger partial charge in [0.1, 0.15) is 5.75 Å². The van der Waals surface area contributed by atoms with Crippen LogP contribution >= 0.6 is 0 Å². The predicted molar refractivity (Wildman–Crippen MR) is 72.9 cm³/mol. The molecule has 3 nitrogen and oxygen atoms in total. The van der Waals surface area contributed by atoms with Crippen molar-refractivity contribution in [2.45, 2.75) is 25.7 Å². The molecule has 0 amide bonds. The molecule has 1 fully saturated rings. The van der Waals surface area contributed by atoms with E-state index in [1.54, 1.807) is 0 Å². The summed E-state index contributed by atoms with van der Waals surface area (Å²) in [7, 11) is 0. The molecule has 1 aliphatic rings. The van der Waals surface area contributed by atoms with Crippen LogP contribution < -0.4 is 10.5 Å². The molecular weight excluding hydrogens is 226 g/mol. The van der Waals surface area contributed by atoms with Crippen molar-refractivity contribution < 1.29 is 9.47 Å². The Morgan fingerprint density at radius 3 is 2.44 bits per heavy atom. The largest absolute Gasteiger partial charge is 0.494 e. The van der Waals surface area contributed by atoms with Crippen LogP contribution in [0.4, 0.5) is 0 Å². The summed E-state index contributed by atoms with van der Waals surface area (Å²) in [5, 5.41) is 0. The minimum Gasteiger partial charge on any atom is -0.494 e. The monoisotopic (exact) mass is 249 g/mol. The average Bonchev–Trinajstić information content (AvgIpc) is 2.35. The van der Waals surface area contributed by atoms with Gasteiger partial charge in [0.05, 0.1) is 19.8 Å². The van der Waals surface area contributed by atoms with Gasteiger partial charge in [-0.1, -0.05) is 19.1 Å². The molecule has 0 radical (unpaired) electrons. The van der Waals surface area contributed by atoms with Crippen molar-refractivity contribution in [3.05, 3.63) is 29.8 Å². The Bertz CT molecular complexity index is 371. The van der Waals surface area contributed by atoms with E-state index < -0.39 is 0 Å². The van der Waals surface area contributed by atoms with Gasteiger partial charge in [-0.2, -0.15) is 0 Å². The van der Waals surface area contributed by atoms with Crippen molar-refractivity contribution >= 4 is 0 Å². The lowest BCUT2D eigenvalue weighted by Gasteiger charge is -2.43. The van der Waals surface area contributed by atoms with E-state index in [4.69, 9.17) is 15.2 Å². The van der Waals surface area contributed by atoms with Gasteiger partial charge >= 0.3 is 0 Å². The van der Waals surface area contributed by atoms with E-state index in [2.05, 4.69) is 19.1 Å². The second-order valence-electron chi connectivity index (χ2n) is 5.28. The molecular formula is C15H23NO2. The summed E-state index contributed by atoms with van der Waals surface area (Å²) in [6.07, 6.45) is 1.09. The van der Waals surface area contributed by atoms with Crippen LogP contribution in [0.15, 0.2) is 24.3 Å². The van der Waals surface area contributed by atoms with Crippen LogP contribution in [0.5, 0.6) is 5.75 Å². The molecule has 0 spiro atoms. The summed E-state index contributed by atoms with van der Waals surface area (Å²) < 4.78 is 10.9. The lowest BCUT2D eigenvalue weighted by molar-refractivity contribution is -0.0702. The first kappa shape index (κ1) is 13.4. The first-order valence-electron chi connectivity index (χ1n) is 6.71. The summed E-state index contributed by atoms with van der Waals surface area (Å²) in [6, 6.07) is 8.42. The van der Waals surface area contributed by atoms with Crippen molar-refractivity contribution in [1.82, 2.24) is 0 Å². The number of nitrogens with two attached hydrogens (primary N) is 1. The molecule has 100 valence electrons. The predicted octanol–water partition coefficient (Wildman–Crippen LogP) is 2.34. The fraction of sp³-hybridized carbons (Fsp3) is 0.600. The van der Waals surface area contributed by atoms with Crippen molar-refractivity contribution in [2.24, 2.45) is 11.7 Å². The Kier molecular flexibility index (Phi) is 4.25. The summed E-state index contributed by atoms with van der Waals surface area (Å²) in [4.78, 5) is 0. The molecule has 1 aromatic carbocycles. The summed E-state index contributed by atoms with van der Waals surface area (Å²) in [6.45, 7) is 7.26. The molecule has 18 heavy (non-hydrogen) atoms. The highest BCUT2D eigenvalue weighted by molar-refractivity contribution is 5.34. The molecule has 2 N–H and O–H groups in total. The van der Waals surface area contributed by atoms with E-state index in [1.165, 1.54) is 5.56 Å². The van der Waals surface area contributed by atoms with Crippen LogP contribution in [0.3, 0.4) is 0 Å². The average molecular weight is 249 g/mol. The molecule has 2 rings (SSSR count). The van der Waals surface area contributed by atoms with Crippen LogP contribution in [0.2, 0.25) is 0 Å². The first-order chi connectivity index (χ1) is 8.70. The number of ether oxygens (including phenoxy) is 2. The second-order valence-corrected chi connectivity index (χ2v) is 5.28. The molecule has 1 atom stereocenters. The maximum Gasteiger partial charge on any atom is 0.119 e. The third-order valence-electron chi connectivity index (χ3n) is 3.68. The minimum atomic E-state index is 0.170. The van der Waals surface area contributed by atoms with Gasteiger partial charge in [0.2, 0.25) is 0 Å². The highest BCUT2D eigenvalue weighted by Crippen LogP contribution is 2.38. The third kappa shape index (κ3) is 2.68. The van der Waals surface area contributed by atoms with Crippen molar-refractivity contribution in [2.75, 3.05) is 26.4 Å². The van der Waals surface area contributed by atoms with E-state index in [1.807, 2.05) is 19.1 Å². The Hall–Kier alpha value is -1.06. The van der Waals surface area contributed by atoms with Gasteiger partial charge < -0.3 is 15.2 Å². The van der Waals surface area contributed by atoms with Gasteiger partial charge in [-0.3, -0.25) is 0 Å². The van der Waals surface area contributed by atoms with Gasteiger partial charge in [-0.15, -0.1) is 0 Å². The molecule has 0 aliphatic carbocycles. The van der Waals surface area contributed by atoms with E-state index in [9.17, 15) is 0 Å². The van der Waals surface area contributed by atoms with Gasteiger partial charge in [0, 0.05) is 5.41 Å². The Morgan fingerprint density at radius 2 is 2.00 bits per heavy atom. The van der Waals surface area contributed by atoms with Gasteiger partial charge in [0.15, 0.2) is 0 Å². The van der Waals surface area contributed by atoms with E-state index in [-0.39, 0.29) is 5.41 Å². The molecule has 1 aromatic rings. The quantitative estimate of drug-likeness (QED) is 0.841. The van der Waals surface area contributed by atoms with Crippen molar-refractivity contribution in [3.63, 3.8) is 0 Å². The summed E-state index contributed by atoms with van der Waals surface area (Å²) in [5.41, 5.74) is 7.25. The van der Waals surface area contributed by atoms with Crippen molar-refractivity contribution in [3.8, 4) is 5.75 Å². The molecule has 1 unspecified atom stereocenters. The van der Waals surface area contributed by atoms with Crippen LogP contribution in [-0.4, -0.2) is 26.4 Å². The zero-order chi connectivity index (χ0) is 13.0. The van der Waals surface area contributed by atoms with Gasteiger partial charge in [-0.05, 0) is 43.5 Å². The van der Waals surface area contributed by atoms with Crippen LogP contribution in [0.25, 0.3) is 0 Å². The molecule has 1 heterocycles. The maximum absolute atomic E-state index is 5.74. The highest BCUT2D eigenvalue weighted by Gasteiger charge is 2.40. The summed E-state index contributed by atoms with van der Waals surface area (Å²) in [5.74, 6) is 1.46. The fourth-order valence-corrected chi connectivity index (χ4v) is 2.57. The van der Waals surface area contributed by atoms with Crippen LogP contribution in [-0.2, 0) is 10.2 Å². The number of benzene rings is 1.